The van der Waals surface area contributed by atoms with Gasteiger partial charge in [0.1, 0.15) is 0 Å². The van der Waals surface area contributed by atoms with Crippen LogP contribution >= 0.6 is 0 Å². The van der Waals surface area contributed by atoms with E-state index in [1.165, 1.54) is 12.4 Å². The number of hydrogen-bond donors (Lipinski definition) is 1. The molecule has 0 aliphatic carbocycles. The summed E-state index contributed by atoms with van der Waals surface area (Å²) in [7, 11) is 0. The fourth-order valence-electron chi connectivity index (χ4n) is 1.83. The van der Waals surface area contributed by atoms with E-state index >= 15 is 0 Å². The zero-order valence-electron chi connectivity index (χ0n) is 8.78. The van der Waals surface area contributed by atoms with Gasteiger partial charge in [0.25, 0.3) is 0 Å². The zero-order chi connectivity index (χ0) is 10.9. The maximum absolute atomic E-state index is 12.6. The van der Waals surface area contributed by atoms with E-state index in [0.717, 1.165) is 19.5 Å². The lowest BCUT2D eigenvalue weighted by atomic mass is 9.90. The van der Waals surface area contributed by atoms with Gasteiger partial charge >= 0.3 is 0 Å². The van der Waals surface area contributed by atoms with Gasteiger partial charge in [-0.15, -0.1) is 0 Å². The summed E-state index contributed by atoms with van der Waals surface area (Å²) in [4.78, 5) is 9.97. The highest BCUT2D eigenvalue weighted by Gasteiger charge is 2.33. The summed E-state index contributed by atoms with van der Waals surface area (Å²) >= 11 is 0. The predicted octanol–water partition coefficient (Wildman–Crippen LogP) is 0.791. The fourth-order valence-corrected chi connectivity index (χ4v) is 1.83. The van der Waals surface area contributed by atoms with Crippen LogP contribution in [0.2, 0.25) is 0 Å². The van der Waals surface area contributed by atoms with Gasteiger partial charge in [0.15, 0.2) is 5.82 Å². The molecule has 0 aromatic carbocycles. The van der Waals surface area contributed by atoms with Crippen molar-refractivity contribution in [2.45, 2.75) is 13.3 Å². The van der Waals surface area contributed by atoms with Gasteiger partial charge in [0.05, 0.1) is 12.4 Å². The molecule has 0 saturated carbocycles. The summed E-state index contributed by atoms with van der Waals surface area (Å²) < 4.78 is 12.6. The first-order valence-corrected chi connectivity index (χ1v) is 5.05. The van der Waals surface area contributed by atoms with Crippen LogP contribution in [0.25, 0.3) is 0 Å². The summed E-state index contributed by atoms with van der Waals surface area (Å²) in [6.07, 6.45) is 3.42. The summed E-state index contributed by atoms with van der Waals surface area (Å²) in [5.74, 6) is 0.188. The van der Waals surface area contributed by atoms with E-state index in [1.807, 2.05) is 4.90 Å². The van der Waals surface area contributed by atoms with Gasteiger partial charge in [-0.2, -0.15) is 0 Å². The third kappa shape index (κ3) is 2.07. The Bertz CT molecular complexity index is 340. The van der Waals surface area contributed by atoms with Gasteiger partial charge in [-0.1, -0.05) is 6.92 Å². The van der Waals surface area contributed by atoms with Crippen molar-refractivity contribution >= 4 is 5.95 Å². The molecule has 0 spiro atoms. The van der Waals surface area contributed by atoms with Crippen LogP contribution in [0.5, 0.6) is 0 Å². The summed E-state index contributed by atoms with van der Waals surface area (Å²) in [5, 5.41) is 0. The first-order chi connectivity index (χ1) is 7.13. The minimum atomic E-state index is -0.403. The molecule has 4 nitrogen and oxygen atoms in total. The van der Waals surface area contributed by atoms with Crippen molar-refractivity contribution < 1.29 is 4.39 Å². The van der Waals surface area contributed by atoms with Gasteiger partial charge < -0.3 is 10.6 Å². The van der Waals surface area contributed by atoms with Gasteiger partial charge in [-0.3, -0.25) is 0 Å². The number of aromatic nitrogens is 2. The standard InChI is InChI=1S/C10H15FN4/c1-10(6-12)2-3-15(7-10)9-13-4-8(11)5-14-9/h4-5H,2-3,6-7,12H2,1H3. The van der Waals surface area contributed by atoms with Crippen LogP contribution in [-0.4, -0.2) is 29.6 Å². The van der Waals surface area contributed by atoms with Gasteiger partial charge in [0, 0.05) is 13.1 Å². The molecule has 15 heavy (non-hydrogen) atoms. The Labute approximate surface area is 88.3 Å². The van der Waals surface area contributed by atoms with E-state index in [0.29, 0.717) is 12.5 Å². The van der Waals surface area contributed by atoms with Crippen LogP contribution in [0.1, 0.15) is 13.3 Å². The molecule has 1 aromatic rings. The van der Waals surface area contributed by atoms with Crippen LogP contribution in [0.3, 0.4) is 0 Å². The molecule has 82 valence electrons. The van der Waals surface area contributed by atoms with Crippen LogP contribution in [-0.2, 0) is 0 Å². The topological polar surface area (TPSA) is 55.0 Å². The third-order valence-electron chi connectivity index (χ3n) is 2.94. The van der Waals surface area contributed by atoms with Gasteiger partial charge in [-0.05, 0) is 18.4 Å². The quantitative estimate of drug-likeness (QED) is 0.784. The number of hydrogen-bond acceptors (Lipinski definition) is 4. The molecule has 0 amide bonds. The average Bonchev–Trinajstić information content (AvgIpc) is 2.63. The third-order valence-corrected chi connectivity index (χ3v) is 2.94. The number of rotatable bonds is 2. The number of nitrogens with zero attached hydrogens (tertiary/aromatic N) is 3. The van der Waals surface area contributed by atoms with E-state index in [1.54, 1.807) is 0 Å². The minimum Gasteiger partial charge on any atom is -0.340 e. The highest BCUT2D eigenvalue weighted by Crippen LogP contribution is 2.30. The van der Waals surface area contributed by atoms with Crippen molar-refractivity contribution in [3.8, 4) is 0 Å². The maximum atomic E-state index is 12.6. The van der Waals surface area contributed by atoms with Crippen molar-refractivity contribution in [1.29, 1.82) is 0 Å². The van der Waals surface area contributed by atoms with E-state index in [2.05, 4.69) is 16.9 Å². The lowest BCUT2D eigenvalue weighted by Gasteiger charge is -2.22. The molecule has 2 rings (SSSR count). The lowest BCUT2D eigenvalue weighted by Crippen LogP contribution is -2.31. The summed E-state index contributed by atoms with van der Waals surface area (Å²) in [6, 6.07) is 0. The van der Waals surface area contributed by atoms with Crippen LogP contribution < -0.4 is 10.6 Å². The second-order valence-corrected chi connectivity index (χ2v) is 4.39. The molecule has 1 aliphatic heterocycles. The van der Waals surface area contributed by atoms with Crippen LogP contribution in [0, 0.1) is 11.2 Å². The van der Waals surface area contributed by atoms with Crippen molar-refractivity contribution in [2.75, 3.05) is 24.5 Å². The molecule has 1 atom stereocenters. The maximum Gasteiger partial charge on any atom is 0.225 e. The molecule has 2 heterocycles. The molecular weight excluding hydrogens is 195 g/mol. The van der Waals surface area contributed by atoms with Crippen molar-refractivity contribution in [1.82, 2.24) is 9.97 Å². The Morgan fingerprint density at radius 3 is 2.73 bits per heavy atom. The zero-order valence-corrected chi connectivity index (χ0v) is 8.78. The molecule has 0 radical (unpaired) electrons. The smallest absolute Gasteiger partial charge is 0.225 e. The minimum absolute atomic E-state index is 0.137. The largest absolute Gasteiger partial charge is 0.340 e. The summed E-state index contributed by atoms with van der Waals surface area (Å²) in [6.45, 7) is 4.54. The number of anilines is 1. The second kappa shape index (κ2) is 3.73. The Balaban J connectivity index is 2.11. The molecule has 2 N–H and O–H groups in total. The molecule has 1 unspecified atom stereocenters. The molecule has 1 fully saturated rings. The Morgan fingerprint density at radius 2 is 2.20 bits per heavy atom. The van der Waals surface area contributed by atoms with Gasteiger partial charge in [-0.25, -0.2) is 14.4 Å². The van der Waals surface area contributed by atoms with E-state index < -0.39 is 5.82 Å². The second-order valence-electron chi connectivity index (χ2n) is 4.39. The van der Waals surface area contributed by atoms with E-state index in [9.17, 15) is 4.39 Å². The average molecular weight is 210 g/mol. The molecule has 1 aliphatic rings. The molecule has 5 heteroatoms. The first-order valence-electron chi connectivity index (χ1n) is 5.05. The Kier molecular flexibility index (Phi) is 2.56. The van der Waals surface area contributed by atoms with E-state index in [4.69, 9.17) is 5.73 Å². The van der Waals surface area contributed by atoms with Gasteiger partial charge in [0.2, 0.25) is 5.95 Å². The van der Waals surface area contributed by atoms with Crippen molar-refractivity contribution in [3.05, 3.63) is 18.2 Å². The van der Waals surface area contributed by atoms with Crippen LogP contribution in [0.4, 0.5) is 10.3 Å². The van der Waals surface area contributed by atoms with Crippen molar-refractivity contribution in [2.24, 2.45) is 11.1 Å². The molecule has 1 saturated heterocycles. The highest BCUT2D eigenvalue weighted by atomic mass is 19.1. The Morgan fingerprint density at radius 1 is 1.53 bits per heavy atom. The fraction of sp³-hybridized carbons (Fsp3) is 0.600. The first kappa shape index (κ1) is 10.3. The highest BCUT2D eigenvalue weighted by molar-refractivity contribution is 5.31. The molecular formula is C10H15FN4. The molecule has 0 bridgehead atoms. The van der Waals surface area contributed by atoms with Crippen LogP contribution in [0.15, 0.2) is 12.4 Å². The molecule has 1 aromatic heterocycles. The summed E-state index contributed by atoms with van der Waals surface area (Å²) in [5.41, 5.74) is 5.84. The number of nitrogens with two attached hydrogens (primary N) is 1. The lowest BCUT2D eigenvalue weighted by molar-refractivity contribution is 0.383. The number of halogens is 1. The SMILES string of the molecule is CC1(CN)CCN(c2ncc(F)cn2)C1. The monoisotopic (exact) mass is 210 g/mol. The van der Waals surface area contributed by atoms with E-state index in [-0.39, 0.29) is 5.41 Å². The van der Waals surface area contributed by atoms with Crippen molar-refractivity contribution in [3.63, 3.8) is 0 Å². The predicted molar refractivity (Wildman–Crippen MR) is 56.0 cm³/mol. The normalized spacial score (nSPS) is 25.9. The Hall–Kier alpha value is -1.23.